The lowest BCUT2D eigenvalue weighted by molar-refractivity contribution is -0.141. The van der Waals surface area contributed by atoms with Crippen LogP contribution in [0.25, 0.3) is 0 Å². The molecule has 3 N–H and O–H groups in total. The summed E-state index contributed by atoms with van der Waals surface area (Å²) in [5, 5.41) is 28.6. The summed E-state index contributed by atoms with van der Waals surface area (Å²) >= 11 is 0. The van der Waals surface area contributed by atoms with Crippen molar-refractivity contribution in [1.29, 1.82) is 0 Å². The number of nitrogens with zero attached hydrogens (tertiary/aromatic N) is 2. The zero-order valence-corrected chi connectivity index (χ0v) is 11.2. The summed E-state index contributed by atoms with van der Waals surface area (Å²) in [6.07, 6.45) is 0.674. The fourth-order valence-corrected chi connectivity index (χ4v) is 3.83. The first-order valence-corrected chi connectivity index (χ1v) is 7.12. The van der Waals surface area contributed by atoms with Gasteiger partial charge in [-0.05, 0) is 18.8 Å². The number of carbonyl (C=O) groups excluding carboxylic acids is 1. The van der Waals surface area contributed by atoms with E-state index in [2.05, 4.69) is 0 Å². The van der Waals surface area contributed by atoms with Crippen molar-refractivity contribution in [2.45, 2.75) is 37.5 Å². The molecule has 0 spiro atoms. The highest BCUT2D eigenvalue weighted by Gasteiger charge is 2.47. The van der Waals surface area contributed by atoms with E-state index in [1.54, 1.807) is 4.90 Å². The molecule has 7 nitrogen and oxygen atoms in total. The predicted molar refractivity (Wildman–Crippen MR) is 67.9 cm³/mol. The molecule has 0 aromatic rings. The number of rotatable bonds is 1. The lowest BCUT2D eigenvalue weighted by Crippen LogP contribution is -2.48. The monoisotopic (exact) mass is 284 g/mol. The van der Waals surface area contributed by atoms with Gasteiger partial charge in [0.25, 0.3) is 0 Å². The Labute approximate surface area is 116 Å². The lowest BCUT2D eigenvalue weighted by Gasteiger charge is -2.28. The van der Waals surface area contributed by atoms with Crippen molar-refractivity contribution in [3.8, 4) is 0 Å². The zero-order chi connectivity index (χ0) is 14.4. The van der Waals surface area contributed by atoms with Crippen molar-refractivity contribution in [3.63, 3.8) is 0 Å². The van der Waals surface area contributed by atoms with Crippen LogP contribution in [0, 0.1) is 11.8 Å². The molecule has 20 heavy (non-hydrogen) atoms. The first kappa shape index (κ1) is 13.6. The zero-order valence-electron chi connectivity index (χ0n) is 11.2. The molecule has 0 aromatic heterocycles. The molecule has 2 aliphatic heterocycles. The van der Waals surface area contributed by atoms with Crippen molar-refractivity contribution >= 4 is 12.0 Å². The van der Waals surface area contributed by atoms with Gasteiger partial charge in [0.15, 0.2) is 0 Å². The number of fused-ring (bicyclic) bond motifs is 1. The van der Waals surface area contributed by atoms with Gasteiger partial charge in [0, 0.05) is 32.0 Å². The van der Waals surface area contributed by atoms with E-state index < -0.39 is 18.1 Å². The molecule has 7 heteroatoms. The van der Waals surface area contributed by atoms with Gasteiger partial charge in [0.05, 0.1) is 12.2 Å². The molecule has 0 bridgehead atoms. The molecule has 2 heterocycles. The minimum Gasteiger partial charge on any atom is -0.480 e. The fourth-order valence-electron chi connectivity index (χ4n) is 3.83. The number of carbonyl (C=O) groups is 2. The largest absolute Gasteiger partial charge is 0.480 e. The van der Waals surface area contributed by atoms with Gasteiger partial charge >= 0.3 is 12.0 Å². The second kappa shape index (κ2) is 4.89. The average molecular weight is 284 g/mol. The standard InChI is InChI=1S/C13H20N2O5/c16-8-3-10(12(18)19)15(5-8)13(20)14-4-7-1-2-11(17)9(7)6-14/h7-11,16-17H,1-6H2,(H,18,19). The first-order chi connectivity index (χ1) is 9.47. The number of amides is 2. The molecule has 2 saturated heterocycles. The van der Waals surface area contributed by atoms with Crippen molar-refractivity contribution < 1.29 is 24.9 Å². The maximum Gasteiger partial charge on any atom is 0.326 e. The Kier molecular flexibility index (Phi) is 3.33. The molecule has 1 aliphatic carbocycles. The molecule has 112 valence electrons. The Bertz CT molecular complexity index is 429. The van der Waals surface area contributed by atoms with E-state index in [0.717, 1.165) is 12.8 Å². The van der Waals surface area contributed by atoms with E-state index in [0.29, 0.717) is 19.0 Å². The molecule has 2 amide bonds. The molecule has 0 radical (unpaired) electrons. The maximum atomic E-state index is 12.4. The number of carboxylic acid groups (broad SMARTS) is 1. The number of β-amino-alcohol motifs (C(OH)–C–C–N with tert-alkyl or cyclic N) is 1. The minimum atomic E-state index is -1.07. The van der Waals surface area contributed by atoms with Crippen molar-refractivity contribution in [2.75, 3.05) is 19.6 Å². The van der Waals surface area contributed by atoms with Gasteiger partial charge in [-0.3, -0.25) is 0 Å². The fraction of sp³-hybridized carbons (Fsp3) is 0.846. The first-order valence-electron chi connectivity index (χ1n) is 7.12. The third-order valence-corrected chi connectivity index (χ3v) is 4.90. The number of carboxylic acids is 1. The predicted octanol–water partition coefficient (Wildman–Crippen LogP) is -0.671. The second-order valence-electron chi connectivity index (χ2n) is 6.15. The third kappa shape index (κ3) is 2.14. The third-order valence-electron chi connectivity index (χ3n) is 4.90. The number of aliphatic hydroxyl groups excluding tert-OH is 2. The summed E-state index contributed by atoms with van der Waals surface area (Å²) < 4.78 is 0. The Morgan fingerprint density at radius 2 is 1.80 bits per heavy atom. The van der Waals surface area contributed by atoms with Crippen LogP contribution in [0.15, 0.2) is 0 Å². The van der Waals surface area contributed by atoms with Crippen LogP contribution in [0.1, 0.15) is 19.3 Å². The Hall–Kier alpha value is -1.34. The highest BCUT2D eigenvalue weighted by molar-refractivity contribution is 5.83. The van der Waals surface area contributed by atoms with E-state index in [9.17, 15) is 19.8 Å². The topological polar surface area (TPSA) is 101 Å². The smallest absolute Gasteiger partial charge is 0.326 e. The Morgan fingerprint density at radius 1 is 1.05 bits per heavy atom. The Balaban J connectivity index is 1.69. The summed E-state index contributed by atoms with van der Waals surface area (Å²) in [6, 6.07) is -1.27. The number of hydrogen-bond donors (Lipinski definition) is 3. The summed E-state index contributed by atoms with van der Waals surface area (Å²) in [4.78, 5) is 26.5. The lowest BCUT2D eigenvalue weighted by atomic mass is 10.00. The number of hydrogen-bond acceptors (Lipinski definition) is 4. The Morgan fingerprint density at radius 3 is 2.45 bits per heavy atom. The van der Waals surface area contributed by atoms with Gasteiger partial charge in [-0.1, -0.05) is 0 Å². The molecule has 5 unspecified atom stereocenters. The molecule has 3 aliphatic rings. The van der Waals surface area contributed by atoms with Gasteiger partial charge in [-0.2, -0.15) is 0 Å². The molecule has 3 fully saturated rings. The molecular weight excluding hydrogens is 264 g/mol. The number of likely N-dealkylation sites (tertiary alicyclic amines) is 2. The quantitative estimate of drug-likeness (QED) is 0.593. The van der Waals surface area contributed by atoms with Crippen LogP contribution < -0.4 is 0 Å². The van der Waals surface area contributed by atoms with Gasteiger partial charge in [0.2, 0.25) is 0 Å². The summed E-state index contributed by atoms with van der Waals surface area (Å²) in [5.41, 5.74) is 0. The van der Waals surface area contributed by atoms with Crippen molar-refractivity contribution in [1.82, 2.24) is 9.80 Å². The van der Waals surface area contributed by atoms with Crippen LogP contribution in [-0.4, -0.2) is 75.0 Å². The van der Waals surface area contributed by atoms with Crippen molar-refractivity contribution in [2.24, 2.45) is 11.8 Å². The molecule has 5 atom stereocenters. The molecule has 1 saturated carbocycles. The van der Waals surface area contributed by atoms with E-state index in [1.165, 1.54) is 4.90 Å². The van der Waals surface area contributed by atoms with Crippen LogP contribution in [0.2, 0.25) is 0 Å². The average Bonchev–Trinajstić information content (AvgIpc) is 3.05. The van der Waals surface area contributed by atoms with E-state index in [-0.39, 0.29) is 31.0 Å². The maximum absolute atomic E-state index is 12.4. The number of aliphatic hydroxyl groups is 2. The van der Waals surface area contributed by atoms with E-state index in [1.807, 2.05) is 0 Å². The summed E-state index contributed by atoms with van der Waals surface area (Å²) in [6.45, 7) is 1.15. The highest BCUT2D eigenvalue weighted by Crippen LogP contribution is 2.38. The normalized spacial score (nSPS) is 40.2. The molecule has 0 aromatic carbocycles. The van der Waals surface area contributed by atoms with Gasteiger partial charge in [-0.15, -0.1) is 0 Å². The van der Waals surface area contributed by atoms with Gasteiger partial charge in [0.1, 0.15) is 6.04 Å². The second-order valence-corrected chi connectivity index (χ2v) is 6.15. The van der Waals surface area contributed by atoms with Gasteiger partial charge in [-0.25, -0.2) is 9.59 Å². The SMILES string of the molecule is O=C(O)C1CC(O)CN1C(=O)N1CC2CCC(O)C2C1. The van der Waals surface area contributed by atoms with Gasteiger partial charge < -0.3 is 25.1 Å². The van der Waals surface area contributed by atoms with Crippen LogP contribution in [0.4, 0.5) is 4.79 Å². The number of aliphatic carboxylic acids is 1. The summed E-state index contributed by atoms with van der Waals surface area (Å²) in [5.74, 6) is -0.631. The van der Waals surface area contributed by atoms with Crippen LogP contribution in [-0.2, 0) is 4.79 Å². The molecule has 3 rings (SSSR count). The van der Waals surface area contributed by atoms with E-state index >= 15 is 0 Å². The minimum absolute atomic E-state index is 0.0736. The van der Waals surface area contributed by atoms with E-state index in [4.69, 9.17) is 5.11 Å². The van der Waals surface area contributed by atoms with Crippen LogP contribution in [0.5, 0.6) is 0 Å². The number of urea groups is 1. The molecular formula is C13H20N2O5. The summed E-state index contributed by atoms with van der Waals surface area (Å²) in [7, 11) is 0. The van der Waals surface area contributed by atoms with Crippen LogP contribution >= 0.6 is 0 Å². The highest BCUT2D eigenvalue weighted by atomic mass is 16.4. The van der Waals surface area contributed by atoms with Crippen LogP contribution in [0.3, 0.4) is 0 Å². The van der Waals surface area contributed by atoms with Crippen molar-refractivity contribution in [3.05, 3.63) is 0 Å².